The summed E-state index contributed by atoms with van der Waals surface area (Å²) >= 11 is 0. The van der Waals surface area contributed by atoms with Gasteiger partial charge in [-0.25, -0.2) is 0 Å². The van der Waals surface area contributed by atoms with E-state index in [0.29, 0.717) is 0 Å². The zero-order valence-electron chi connectivity index (χ0n) is 1.75. The molecular weight excluding hydrogens is 100.0 g/mol. The van der Waals surface area contributed by atoms with Crippen molar-refractivity contribution in [3.8, 4) is 0 Å². The molecule has 0 radical (unpaired) electrons. The monoisotopic (exact) mass is 103 g/mol. The molecule has 3 nitrogen and oxygen atoms in total. The summed E-state index contributed by atoms with van der Waals surface area (Å²) in [6.07, 6.45) is 0. The van der Waals surface area contributed by atoms with Crippen LogP contribution in [0.4, 0.5) is 0 Å². The van der Waals surface area contributed by atoms with Gasteiger partial charge in [0, 0.05) is 0 Å². The fourth-order valence-corrected chi connectivity index (χ4v) is 0. The van der Waals surface area contributed by atoms with Gasteiger partial charge in [-0.3, -0.25) is 0 Å². The summed E-state index contributed by atoms with van der Waals surface area (Å²) < 4.78 is 0. The average molecular weight is 103 g/mol. The third kappa shape index (κ3) is 28.3. The van der Waals surface area contributed by atoms with Crippen LogP contribution in [-0.4, -0.2) is 16.4 Å². The fourth-order valence-electron chi connectivity index (χ4n) is 0. The molecule has 0 saturated carbocycles. The first-order valence-corrected chi connectivity index (χ1v) is 0. The molecule has 3 N–H and O–H groups in total. The van der Waals surface area contributed by atoms with Crippen molar-refractivity contribution in [2.45, 2.75) is 0 Å². The standard InChI is InChI=1S/Cr.3H2O/h;3*1H2/q+2;;;/p-3. The van der Waals surface area contributed by atoms with Crippen LogP contribution < -0.4 is 0 Å². The van der Waals surface area contributed by atoms with E-state index in [9.17, 15) is 0 Å². The Balaban J connectivity index is 0. The first-order valence-electron chi connectivity index (χ1n) is 0. The van der Waals surface area contributed by atoms with Crippen LogP contribution in [0.3, 0.4) is 0 Å². The topological polar surface area (TPSA) is 90.0 Å². The Morgan fingerprint density at radius 3 is 0.500 bits per heavy atom. The zero-order valence-corrected chi connectivity index (χ0v) is 3.02. The molecule has 0 aromatic carbocycles. The van der Waals surface area contributed by atoms with Crippen LogP contribution >= 0.6 is 0 Å². The van der Waals surface area contributed by atoms with Crippen LogP contribution in [0, 0.1) is 0 Å². The van der Waals surface area contributed by atoms with Gasteiger partial charge in [-0.2, -0.15) is 0 Å². The number of rotatable bonds is 0. The molecule has 4 heteroatoms. The summed E-state index contributed by atoms with van der Waals surface area (Å²) in [6, 6.07) is 0. The Bertz CT molecular complexity index is 3.25. The predicted octanol–water partition coefficient (Wildman–Crippen LogP) is -0.533. The Morgan fingerprint density at radius 2 is 0.500 bits per heavy atom. The minimum absolute atomic E-state index is 0. The third-order valence-corrected chi connectivity index (χ3v) is 0. The average Bonchev–Trinajstić information content (AvgIpc) is 0. The molecule has 0 aliphatic carbocycles. The summed E-state index contributed by atoms with van der Waals surface area (Å²) in [5.41, 5.74) is 0. The normalized spacial score (nSPS) is 0. The van der Waals surface area contributed by atoms with E-state index >= 15 is 0 Å². The maximum Gasteiger partial charge on any atom is 2.00 e. The third-order valence-electron chi connectivity index (χ3n) is 0. The van der Waals surface area contributed by atoms with Crippen LogP contribution in [0.25, 0.3) is 0 Å². The molecule has 0 atom stereocenters. The first-order chi connectivity index (χ1) is 0. The van der Waals surface area contributed by atoms with Crippen molar-refractivity contribution in [2.24, 2.45) is 0 Å². The molecule has 0 unspecified atom stereocenters. The molecule has 0 bridgehead atoms. The largest absolute Gasteiger partial charge is 2.00 e. The fraction of sp³-hybridized carbons (Fsp3) is 0. The molecule has 0 saturated heterocycles. The maximum atomic E-state index is 0. The second-order valence-corrected chi connectivity index (χ2v) is 0. The van der Waals surface area contributed by atoms with E-state index in [0.717, 1.165) is 0 Å². The Morgan fingerprint density at radius 1 is 0.500 bits per heavy atom. The van der Waals surface area contributed by atoms with Crippen molar-refractivity contribution >= 4 is 0 Å². The summed E-state index contributed by atoms with van der Waals surface area (Å²) in [5, 5.41) is 0. The van der Waals surface area contributed by atoms with Crippen molar-refractivity contribution < 1.29 is 33.8 Å². The Kier molecular flexibility index (Phi) is 8810. The van der Waals surface area contributed by atoms with Gasteiger partial charge in [-0.15, -0.1) is 0 Å². The van der Waals surface area contributed by atoms with Crippen LogP contribution in [0.2, 0.25) is 0 Å². The SMILES string of the molecule is [Cr+2].[OH-].[OH-].[OH-]. The molecule has 0 heterocycles. The van der Waals surface area contributed by atoms with E-state index in [4.69, 9.17) is 0 Å². The quantitative estimate of drug-likeness (QED) is 0.412. The van der Waals surface area contributed by atoms with Crippen molar-refractivity contribution in [1.82, 2.24) is 0 Å². The summed E-state index contributed by atoms with van der Waals surface area (Å²) in [4.78, 5) is 0. The van der Waals surface area contributed by atoms with Gasteiger partial charge in [-0.05, 0) is 0 Å². The van der Waals surface area contributed by atoms with Crippen LogP contribution in [0.1, 0.15) is 0 Å². The summed E-state index contributed by atoms with van der Waals surface area (Å²) in [7, 11) is 0. The van der Waals surface area contributed by atoms with Crippen LogP contribution in [-0.2, 0) is 17.4 Å². The van der Waals surface area contributed by atoms with Gasteiger partial charge in [0.2, 0.25) is 0 Å². The molecule has 0 aliphatic rings. The van der Waals surface area contributed by atoms with E-state index in [-0.39, 0.29) is 33.8 Å². The molecule has 0 amide bonds. The molecule has 0 fully saturated rings. The minimum atomic E-state index is 0. The molecule has 0 spiro atoms. The smallest absolute Gasteiger partial charge is 0.870 e. The van der Waals surface area contributed by atoms with Gasteiger partial charge in [0.25, 0.3) is 0 Å². The second-order valence-electron chi connectivity index (χ2n) is 0. The van der Waals surface area contributed by atoms with Gasteiger partial charge in [0.1, 0.15) is 0 Å². The van der Waals surface area contributed by atoms with Gasteiger partial charge in [0.15, 0.2) is 0 Å². The minimum Gasteiger partial charge on any atom is -0.870 e. The van der Waals surface area contributed by atoms with E-state index in [1.807, 2.05) is 0 Å². The maximum absolute atomic E-state index is 0. The number of hydrogen-bond acceptors (Lipinski definition) is 3. The number of hydrogen-bond donors (Lipinski definition) is 0. The molecular formula is H3CrO3-. The zero-order chi connectivity index (χ0) is 0. The summed E-state index contributed by atoms with van der Waals surface area (Å²) in [6.45, 7) is 0. The van der Waals surface area contributed by atoms with E-state index in [1.165, 1.54) is 0 Å². The molecule has 0 rings (SSSR count). The Labute approximate surface area is 34.7 Å². The van der Waals surface area contributed by atoms with Gasteiger partial charge in [-0.1, -0.05) is 0 Å². The van der Waals surface area contributed by atoms with Crippen molar-refractivity contribution in [3.05, 3.63) is 0 Å². The molecule has 0 aromatic rings. The molecule has 0 aromatic heterocycles. The van der Waals surface area contributed by atoms with Crippen molar-refractivity contribution in [3.63, 3.8) is 0 Å². The van der Waals surface area contributed by atoms with Gasteiger partial charge < -0.3 is 16.4 Å². The predicted molar refractivity (Wildman–Crippen MR) is 5.81 cm³/mol. The van der Waals surface area contributed by atoms with E-state index in [2.05, 4.69) is 0 Å². The van der Waals surface area contributed by atoms with E-state index < -0.39 is 0 Å². The molecule has 28 valence electrons. The van der Waals surface area contributed by atoms with Gasteiger partial charge in [0.05, 0.1) is 0 Å². The van der Waals surface area contributed by atoms with Crippen molar-refractivity contribution in [1.29, 1.82) is 0 Å². The summed E-state index contributed by atoms with van der Waals surface area (Å²) in [5.74, 6) is 0. The molecule has 4 heavy (non-hydrogen) atoms. The molecule has 0 aliphatic heterocycles. The van der Waals surface area contributed by atoms with Crippen LogP contribution in [0.15, 0.2) is 0 Å². The second kappa shape index (κ2) is 117. The van der Waals surface area contributed by atoms with Crippen molar-refractivity contribution in [2.75, 3.05) is 0 Å². The Hall–Kier alpha value is 0.412. The van der Waals surface area contributed by atoms with E-state index in [1.54, 1.807) is 0 Å². The first kappa shape index (κ1) is 302. The van der Waals surface area contributed by atoms with Crippen LogP contribution in [0.5, 0.6) is 0 Å². The van der Waals surface area contributed by atoms with Gasteiger partial charge >= 0.3 is 17.4 Å².